The molecule has 0 aromatic heterocycles. The van der Waals surface area contributed by atoms with E-state index in [9.17, 15) is 0 Å². The lowest BCUT2D eigenvalue weighted by Crippen LogP contribution is -2.38. The number of ether oxygens (including phenoxy) is 1. The van der Waals surface area contributed by atoms with Crippen molar-refractivity contribution in [1.82, 2.24) is 10.2 Å². The van der Waals surface area contributed by atoms with Gasteiger partial charge in [-0.15, -0.1) is 0 Å². The van der Waals surface area contributed by atoms with Crippen molar-refractivity contribution in [3.8, 4) is 0 Å². The van der Waals surface area contributed by atoms with Gasteiger partial charge in [0.15, 0.2) is 0 Å². The van der Waals surface area contributed by atoms with Crippen LogP contribution >= 0.6 is 0 Å². The summed E-state index contributed by atoms with van der Waals surface area (Å²) in [5.41, 5.74) is 0. The summed E-state index contributed by atoms with van der Waals surface area (Å²) in [4.78, 5) is 2.57. The minimum absolute atomic E-state index is 0.780. The Morgan fingerprint density at radius 2 is 2.36 bits per heavy atom. The molecule has 1 aliphatic rings. The zero-order chi connectivity index (χ0) is 10.2. The molecule has 1 unspecified atom stereocenters. The highest BCUT2D eigenvalue weighted by Crippen LogP contribution is 2.15. The van der Waals surface area contributed by atoms with Gasteiger partial charge in [-0.25, -0.2) is 0 Å². The minimum atomic E-state index is 0.780. The van der Waals surface area contributed by atoms with Crippen molar-refractivity contribution >= 4 is 0 Å². The summed E-state index contributed by atoms with van der Waals surface area (Å²) in [5.74, 6) is 0. The zero-order valence-corrected chi connectivity index (χ0v) is 9.59. The average molecular weight is 200 g/mol. The van der Waals surface area contributed by atoms with Crippen LogP contribution in [0.4, 0.5) is 0 Å². The van der Waals surface area contributed by atoms with Crippen LogP contribution in [0.5, 0.6) is 0 Å². The van der Waals surface area contributed by atoms with Crippen LogP contribution < -0.4 is 5.32 Å². The number of methoxy groups -OCH3 is 1. The molecule has 0 bridgehead atoms. The van der Waals surface area contributed by atoms with Crippen molar-refractivity contribution in [3.63, 3.8) is 0 Å². The molecule has 3 nitrogen and oxygen atoms in total. The predicted octanol–water partition coefficient (Wildman–Crippen LogP) is 1.10. The second-order valence-electron chi connectivity index (χ2n) is 3.98. The molecule has 0 aromatic carbocycles. The maximum Gasteiger partial charge on any atom is 0.0474 e. The second kappa shape index (κ2) is 7.21. The van der Waals surface area contributed by atoms with Gasteiger partial charge in [-0.3, -0.25) is 4.90 Å². The van der Waals surface area contributed by atoms with Crippen molar-refractivity contribution in [1.29, 1.82) is 0 Å². The Labute approximate surface area is 87.8 Å². The van der Waals surface area contributed by atoms with Crippen LogP contribution in [0.3, 0.4) is 0 Å². The Morgan fingerprint density at radius 3 is 3.07 bits per heavy atom. The summed E-state index contributed by atoms with van der Waals surface area (Å²) in [6.45, 7) is 7.85. The lowest BCUT2D eigenvalue weighted by Gasteiger charge is -2.22. The predicted molar refractivity (Wildman–Crippen MR) is 59.6 cm³/mol. The molecule has 1 aliphatic heterocycles. The van der Waals surface area contributed by atoms with E-state index in [1.807, 2.05) is 0 Å². The van der Waals surface area contributed by atoms with Crippen LogP contribution in [0.1, 0.15) is 26.2 Å². The third-order valence-electron chi connectivity index (χ3n) is 2.99. The molecule has 1 heterocycles. The molecule has 3 heteroatoms. The van der Waals surface area contributed by atoms with Crippen LogP contribution in [0.25, 0.3) is 0 Å². The third kappa shape index (κ3) is 3.95. The highest BCUT2D eigenvalue weighted by atomic mass is 16.5. The van der Waals surface area contributed by atoms with Gasteiger partial charge in [-0.2, -0.15) is 0 Å². The van der Waals surface area contributed by atoms with Crippen LogP contribution in [0, 0.1) is 0 Å². The molecule has 84 valence electrons. The summed E-state index contributed by atoms with van der Waals surface area (Å²) in [6.07, 6.45) is 3.86. The van der Waals surface area contributed by atoms with E-state index in [1.54, 1.807) is 7.11 Å². The Morgan fingerprint density at radius 1 is 1.50 bits per heavy atom. The van der Waals surface area contributed by atoms with Gasteiger partial charge in [0.05, 0.1) is 0 Å². The molecular weight excluding hydrogens is 176 g/mol. The molecule has 1 fully saturated rings. The van der Waals surface area contributed by atoms with E-state index in [4.69, 9.17) is 4.74 Å². The minimum Gasteiger partial charge on any atom is -0.385 e. The summed E-state index contributed by atoms with van der Waals surface area (Å²) in [5, 5.41) is 3.50. The summed E-state index contributed by atoms with van der Waals surface area (Å²) < 4.78 is 5.01. The van der Waals surface area contributed by atoms with Crippen LogP contribution in [-0.4, -0.2) is 50.8 Å². The van der Waals surface area contributed by atoms with Gasteiger partial charge in [-0.05, 0) is 38.9 Å². The molecule has 0 saturated carbocycles. The van der Waals surface area contributed by atoms with Gasteiger partial charge >= 0.3 is 0 Å². The standard InChI is InChI=1S/C11H24N2O/c1-3-13-8-4-6-11(13)10-12-7-5-9-14-2/h11-12H,3-10H2,1-2H3. The maximum atomic E-state index is 5.01. The molecule has 1 saturated heterocycles. The molecule has 0 aliphatic carbocycles. The highest BCUT2D eigenvalue weighted by molar-refractivity contribution is 4.79. The topological polar surface area (TPSA) is 24.5 Å². The van der Waals surface area contributed by atoms with Gasteiger partial charge in [0.25, 0.3) is 0 Å². The Hall–Kier alpha value is -0.120. The average Bonchev–Trinajstić information content (AvgIpc) is 2.65. The van der Waals surface area contributed by atoms with Crippen molar-refractivity contribution in [2.75, 3.05) is 39.9 Å². The second-order valence-corrected chi connectivity index (χ2v) is 3.98. The normalized spacial score (nSPS) is 23.1. The number of likely N-dealkylation sites (tertiary alicyclic amines) is 1. The SMILES string of the molecule is CCN1CCCC1CNCCCOC. The highest BCUT2D eigenvalue weighted by Gasteiger charge is 2.21. The number of likely N-dealkylation sites (N-methyl/N-ethyl adjacent to an activating group) is 1. The van der Waals surface area contributed by atoms with Crippen LogP contribution in [0.2, 0.25) is 0 Å². The first-order chi connectivity index (χ1) is 6.88. The number of nitrogens with one attached hydrogen (secondary N) is 1. The summed E-state index contributed by atoms with van der Waals surface area (Å²) >= 11 is 0. The van der Waals surface area contributed by atoms with Crippen molar-refractivity contribution in [3.05, 3.63) is 0 Å². The number of hydrogen-bond acceptors (Lipinski definition) is 3. The van der Waals surface area contributed by atoms with Gasteiger partial charge < -0.3 is 10.1 Å². The van der Waals surface area contributed by atoms with E-state index in [1.165, 1.54) is 25.9 Å². The molecule has 1 N–H and O–H groups in total. The maximum absolute atomic E-state index is 5.01. The molecule has 1 atom stereocenters. The van der Waals surface area contributed by atoms with Gasteiger partial charge in [0.2, 0.25) is 0 Å². The fraction of sp³-hybridized carbons (Fsp3) is 1.00. The number of nitrogens with zero attached hydrogens (tertiary/aromatic N) is 1. The van der Waals surface area contributed by atoms with Crippen molar-refractivity contribution in [2.24, 2.45) is 0 Å². The Bertz CT molecular complexity index is 141. The van der Waals surface area contributed by atoms with E-state index in [-0.39, 0.29) is 0 Å². The molecule has 14 heavy (non-hydrogen) atoms. The van der Waals surface area contributed by atoms with E-state index in [0.717, 1.165) is 32.2 Å². The van der Waals surface area contributed by atoms with Crippen LogP contribution in [-0.2, 0) is 4.74 Å². The lowest BCUT2D eigenvalue weighted by atomic mass is 10.2. The van der Waals surface area contributed by atoms with Crippen molar-refractivity contribution < 1.29 is 4.74 Å². The van der Waals surface area contributed by atoms with Crippen molar-refractivity contribution in [2.45, 2.75) is 32.2 Å². The van der Waals surface area contributed by atoms with Crippen LogP contribution in [0.15, 0.2) is 0 Å². The fourth-order valence-corrected chi connectivity index (χ4v) is 2.15. The first-order valence-corrected chi connectivity index (χ1v) is 5.82. The van der Waals surface area contributed by atoms with Gasteiger partial charge in [0, 0.05) is 26.3 Å². The molecule has 0 aromatic rings. The smallest absolute Gasteiger partial charge is 0.0474 e. The molecule has 1 rings (SSSR count). The van der Waals surface area contributed by atoms with E-state index in [2.05, 4.69) is 17.1 Å². The number of rotatable bonds is 7. The quantitative estimate of drug-likeness (QED) is 0.623. The largest absolute Gasteiger partial charge is 0.385 e. The fourth-order valence-electron chi connectivity index (χ4n) is 2.15. The van der Waals surface area contributed by atoms with E-state index < -0.39 is 0 Å². The van der Waals surface area contributed by atoms with E-state index in [0.29, 0.717) is 0 Å². The Kier molecular flexibility index (Phi) is 6.15. The Balaban J connectivity index is 2.00. The zero-order valence-electron chi connectivity index (χ0n) is 9.59. The van der Waals surface area contributed by atoms with Gasteiger partial charge in [-0.1, -0.05) is 6.92 Å². The van der Waals surface area contributed by atoms with E-state index >= 15 is 0 Å². The van der Waals surface area contributed by atoms with Gasteiger partial charge in [0.1, 0.15) is 0 Å². The molecule has 0 amide bonds. The molecule has 0 radical (unpaired) electrons. The monoisotopic (exact) mass is 200 g/mol. The first-order valence-electron chi connectivity index (χ1n) is 5.82. The summed E-state index contributed by atoms with van der Waals surface area (Å²) in [6, 6.07) is 0.780. The third-order valence-corrected chi connectivity index (χ3v) is 2.99. The molecule has 0 spiro atoms. The number of hydrogen-bond donors (Lipinski definition) is 1. The lowest BCUT2D eigenvalue weighted by molar-refractivity contribution is 0.192. The first kappa shape index (κ1) is 12.0. The summed E-state index contributed by atoms with van der Waals surface area (Å²) in [7, 11) is 1.76. The molecular formula is C11H24N2O.